The molecule has 9 heteroatoms. The summed E-state index contributed by atoms with van der Waals surface area (Å²) < 4.78 is 11.4. The molecule has 0 spiro atoms. The SMILES string of the molecule is CC(OCc1ccccc1)C(NC(=O)OCC1c2ccccc2-c2ccccc21)C(=O)NCC(O)C(=O)O. The molecule has 3 unspecified atom stereocenters. The summed E-state index contributed by atoms with van der Waals surface area (Å²) in [6, 6.07) is 24.0. The molecule has 0 saturated heterocycles. The lowest BCUT2D eigenvalue weighted by atomic mass is 9.98. The van der Waals surface area contributed by atoms with Gasteiger partial charge >= 0.3 is 12.1 Å². The van der Waals surface area contributed by atoms with Crippen LogP contribution in [-0.2, 0) is 25.7 Å². The fourth-order valence-electron chi connectivity index (χ4n) is 4.46. The maximum atomic E-state index is 12.9. The van der Waals surface area contributed by atoms with Crippen LogP contribution in [0.5, 0.6) is 0 Å². The Morgan fingerprint density at radius 2 is 1.47 bits per heavy atom. The lowest BCUT2D eigenvalue weighted by Gasteiger charge is -2.25. The lowest BCUT2D eigenvalue weighted by Crippen LogP contribution is -2.54. The van der Waals surface area contributed by atoms with E-state index in [0.717, 1.165) is 27.8 Å². The molecule has 3 atom stereocenters. The smallest absolute Gasteiger partial charge is 0.407 e. The molecular weight excluding hydrogens is 488 g/mol. The van der Waals surface area contributed by atoms with Gasteiger partial charge in [-0.15, -0.1) is 0 Å². The minimum absolute atomic E-state index is 0.0607. The van der Waals surface area contributed by atoms with Crippen molar-refractivity contribution in [1.29, 1.82) is 0 Å². The molecule has 4 N–H and O–H groups in total. The quantitative estimate of drug-likeness (QED) is 0.307. The third-order valence-electron chi connectivity index (χ3n) is 6.48. The van der Waals surface area contributed by atoms with Crippen LogP contribution in [0, 0.1) is 0 Å². The van der Waals surface area contributed by atoms with E-state index in [1.165, 1.54) is 0 Å². The fraction of sp³-hybridized carbons (Fsp3) is 0.276. The van der Waals surface area contributed by atoms with Gasteiger partial charge in [-0.3, -0.25) is 4.79 Å². The number of carboxylic acids is 1. The molecule has 0 radical (unpaired) electrons. The zero-order chi connectivity index (χ0) is 27.1. The van der Waals surface area contributed by atoms with Gasteiger partial charge in [-0.2, -0.15) is 0 Å². The van der Waals surface area contributed by atoms with E-state index in [9.17, 15) is 19.5 Å². The van der Waals surface area contributed by atoms with Crippen molar-refractivity contribution in [1.82, 2.24) is 10.6 Å². The van der Waals surface area contributed by atoms with Crippen LogP contribution in [0.25, 0.3) is 11.1 Å². The molecule has 1 aliphatic rings. The summed E-state index contributed by atoms with van der Waals surface area (Å²) in [6.45, 7) is 1.34. The average Bonchev–Trinajstić information content (AvgIpc) is 3.26. The zero-order valence-corrected chi connectivity index (χ0v) is 20.9. The Morgan fingerprint density at radius 1 is 0.895 bits per heavy atom. The highest BCUT2D eigenvalue weighted by atomic mass is 16.5. The van der Waals surface area contributed by atoms with Gasteiger partial charge in [0.2, 0.25) is 5.91 Å². The highest BCUT2D eigenvalue weighted by Gasteiger charge is 2.32. The molecule has 3 aromatic rings. The van der Waals surface area contributed by atoms with Crippen LogP contribution >= 0.6 is 0 Å². The zero-order valence-electron chi connectivity index (χ0n) is 20.9. The van der Waals surface area contributed by atoms with Crippen LogP contribution < -0.4 is 10.6 Å². The van der Waals surface area contributed by atoms with Crippen LogP contribution in [0.15, 0.2) is 78.9 Å². The molecule has 9 nitrogen and oxygen atoms in total. The number of amides is 2. The molecule has 0 heterocycles. The molecule has 0 bridgehead atoms. The van der Waals surface area contributed by atoms with E-state index >= 15 is 0 Å². The van der Waals surface area contributed by atoms with E-state index < -0.39 is 42.8 Å². The number of aliphatic carboxylic acids is 1. The predicted octanol–water partition coefficient (Wildman–Crippen LogP) is 3.06. The molecule has 198 valence electrons. The number of fused-ring (bicyclic) bond motifs is 3. The molecule has 38 heavy (non-hydrogen) atoms. The van der Waals surface area contributed by atoms with E-state index in [4.69, 9.17) is 14.6 Å². The number of benzene rings is 3. The number of alkyl carbamates (subject to hydrolysis) is 1. The fourth-order valence-corrected chi connectivity index (χ4v) is 4.46. The highest BCUT2D eigenvalue weighted by molar-refractivity contribution is 5.87. The number of hydrogen-bond donors (Lipinski definition) is 4. The van der Waals surface area contributed by atoms with Gasteiger partial charge in [-0.1, -0.05) is 78.9 Å². The van der Waals surface area contributed by atoms with Crippen molar-refractivity contribution in [3.63, 3.8) is 0 Å². The number of carbonyl (C=O) groups is 3. The van der Waals surface area contributed by atoms with Gasteiger partial charge in [0.05, 0.1) is 19.3 Å². The summed E-state index contributed by atoms with van der Waals surface area (Å²) in [5.74, 6) is -2.34. The first kappa shape index (κ1) is 26.8. The van der Waals surface area contributed by atoms with E-state index in [1.54, 1.807) is 6.92 Å². The van der Waals surface area contributed by atoms with Crippen molar-refractivity contribution in [2.75, 3.05) is 13.2 Å². The van der Waals surface area contributed by atoms with Gasteiger partial charge in [0, 0.05) is 5.92 Å². The molecule has 0 fully saturated rings. The maximum Gasteiger partial charge on any atom is 0.407 e. The predicted molar refractivity (Wildman–Crippen MR) is 139 cm³/mol. The molecule has 3 aromatic carbocycles. The summed E-state index contributed by atoms with van der Waals surface area (Å²) in [7, 11) is 0. The summed E-state index contributed by atoms with van der Waals surface area (Å²) in [4.78, 5) is 36.7. The van der Waals surface area contributed by atoms with Crippen molar-refractivity contribution in [2.24, 2.45) is 0 Å². The van der Waals surface area contributed by atoms with Crippen LogP contribution in [0.2, 0.25) is 0 Å². The Bertz CT molecular complexity index is 1240. The van der Waals surface area contributed by atoms with Crippen molar-refractivity contribution in [3.8, 4) is 11.1 Å². The van der Waals surface area contributed by atoms with E-state index in [-0.39, 0.29) is 19.1 Å². The molecule has 0 saturated carbocycles. The largest absolute Gasteiger partial charge is 0.479 e. The second-order valence-electron chi connectivity index (χ2n) is 9.05. The monoisotopic (exact) mass is 518 g/mol. The Labute approximate surface area is 220 Å². The first-order valence-corrected chi connectivity index (χ1v) is 12.3. The summed E-state index contributed by atoms with van der Waals surface area (Å²) in [5.41, 5.74) is 5.17. The Kier molecular flexibility index (Phi) is 8.73. The minimum atomic E-state index is -1.78. The summed E-state index contributed by atoms with van der Waals surface area (Å²) in [5, 5.41) is 23.3. The summed E-state index contributed by atoms with van der Waals surface area (Å²) >= 11 is 0. The number of carbonyl (C=O) groups excluding carboxylic acids is 2. The lowest BCUT2D eigenvalue weighted by molar-refractivity contribution is -0.146. The van der Waals surface area contributed by atoms with Gasteiger partial charge in [-0.05, 0) is 34.7 Å². The standard InChI is InChI=1S/C29H30N2O7/c1-18(37-16-19-9-3-2-4-10-19)26(27(33)30-15-25(32)28(34)35)31-29(36)38-17-24-22-13-7-5-11-20(22)21-12-6-8-14-23(21)24/h2-14,18,24-26,32H,15-17H2,1H3,(H,30,33)(H,31,36)(H,34,35). The third-order valence-corrected chi connectivity index (χ3v) is 6.48. The highest BCUT2D eigenvalue weighted by Crippen LogP contribution is 2.44. The Hall–Kier alpha value is -4.21. The molecular formula is C29H30N2O7. The topological polar surface area (TPSA) is 134 Å². The number of carboxylic acid groups (broad SMARTS) is 1. The minimum Gasteiger partial charge on any atom is -0.479 e. The first-order valence-electron chi connectivity index (χ1n) is 12.3. The van der Waals surface area contributed by atoms with Crippen molar-refractivity contribution < 1.29 is 34.1 Å². The number of aliphatic hydroxyl groups excluding tert-OH is 1. The molecule has 0 aliphatic heterocycles. The van der Waals surface area contributed by atoms with Gasteiger partial charge in [0.15, 0.2) is 6.10 Å². The van der Waals surface area contributed by atoms with Crippen molar-refractivity contribution >= 4 is 18.0 Å². The van der Waals surface area contributed by atoms with Crippen molar-refractivity contribution in [3.05, 3.63) is 95.6 Å². The molecule has 2 amide bonds. The second-order valence-corrected chi connectivity index (χ2v) is 9.05. The van der Waals surface area contributed by atoms with Crippen LogP contribution in [0.4, 0.5) is 4.79 Å². The van der Waals surface area contributed by atoms with Crippen LogP contribution in [0.3, 0.4) is 0 Å². The average molecular weight is 519 g/mol. The van der Waals surface area contributed by atoms with Crippen LogP contribution in [-0.4, -0.2) is 59.6 Å². The first-order chi connectivity index (χ1) is 18.3. The van der Waals surface area contributed by atoms with Gasteiger partial charge in [0.25, 0.3) is 0 Å². The maximum absolute atomic E-state index is 12.9. The number of ether oxygens (including phenoxy) is 2. The Morgan fingerprint density at radius 3 is 2.08 bits per heavy atom. The van der Waals surface area contributed by atoms with Crippen molar-refractivity contribution in [2.45, 2.75) is 37.7 Å². The van der Waals surface area contributed by atoms with Gasteiger partial charge in [0.1, 0.15) is 12.6 Å². The van der Waals surface area contributed by atoms with Gasteiger partial charge in [-0.25, -0.2) is 9.59 Å². The van der Waals surface area contributed by atoms with Gasteiger partial charge < -0.3 is 30.3 Å². The number of hydrogen-bond acceptors (Lipinski definition) is 6. The van der Waals surface area contributed by atoms with E-state index in [0.29, 0.717) is 0 Å². The number of rotatable bonds is 11. The van der Waals surface area contributed by atoms with E-state index in [2.05, 4.69) is 10.6 Å². The molecule has 0 aromatic heterocycles. The number of aliphatic hydroxyl groups is 1. The summed E-state index contributed by atoms with van der Waals surface area (Å²) in [6.07, 6.45) is -3.40. The van der Waals surface area contributed by atoms with Crippen LogP contribution in [0.1, 0.15) is 29.5 Å². The van der Waals surface area contributed by atoms with E-state index in [1.807, 2.05) is 78.9 Å². The normalized spacial score (nSPS) is 14.5. The second kappa shape index (κ2) is 12.4. The number of nitrogens with one attached hydrogen (secondary N) is 2. The third kappa shape index (κ3) is 6.37. The Balaban J connectivity index is 1.42. The molecule has 4 rings (SSSR count). The molecule has 1 aliphatic carbocycles.